The topological polar surface area (TPSA) is 61.4 Å². The second kappa shape index (κ2) is 6.53. The Kier molecular flexibility index (Phi) is 5.00. The summed E-state index contributed by atoms with van der Waals surface area (Å²) in [5.74, 6) is -1.17. The molecule has 0 spiro atoms. The maximum Gasteiger partial charge on any atom is 0.313 e. The third-order valence-electron chi connectivity index (χ3n) is 2.78. The summed E-state index contributed by atoms with van der Waals surface area (Å²) in [7, 11) is 0. The molecular weight excluding hydrogens is 381 g/mol. The Morgan fingerprint density at radius 1 is 1.32 bits per heavy atom. The minimum Gasteiger partial charge on any atom is -0.332 e. The van der Waals surface area contributed by atoms with Crippen molar-refractivity contribution in [2.75, 3.05) is 31.5 Å². The highest BCUT2D eigenvalue weighted by molar-refractivity contribution is 14.1. The van der Waals surface area contributed by atoms with Crippen LogP contribution in [0, 0.1) is 3.57 Å². The predicted molar refractivity (Wildman–Crippen MR) is 82.2 cm³/mol. The van der Waals surface area contributed by atoms with Crippen LogP contribution in [0.5, 0.6) is 0 Å². The third-order valence-corrected chi connectivity index (χ3v) is 3.76. The van der Waals surface area contributed by atoms with E-state index in [0.29, 0.717) is 36.9 Å². The number of anilines is 1. The summed E-state index contributed by atoms with van der Waals surface area (Å²) in [5, 5.41) is 6.10. The highest BCUT2D eigenvalue weighted by Gasteiger charge is 2.23. The van der Waals surface area contributed by atoms with Crippen molar-refractivity contribution < 1.29 is 9.59 Å². The number of nitrogens with zero attached hydrogens (tertiary/aromatic N) is 1. The van der Waals surface area contributed by atoms with E-state index < -0.39 is 11.8 Å². The van der Waals surface area contributed by atoms with E-state index >= 15 is 0 Å². The molecule has 1 heterocycles. The molecular formula is C12H13ClIN3O2. The van der Waals surface area contributed by atoms with Crippen molar-refractivity contribution in [2.45, 2.75) is 0 Å². The van der Waals surface area contributed by atoms with Gasteiger partial charge in [0.25, 0.3) is 0 Å². The molecule has 102 valence electrons. The number of piperazine rings is 1. The van der Waals surface area contributed by atoms with Crippen molar-refractivity contribution in [3.63, 3.8) is 0 Å². The van der Waals surface area contributed by atoms with Gasteiger partial charge in [0.05, 0.1) is 10.7 Å². The number of nitrogens with one attached hydrogen (secondary N) is 2. The van der Waals surface area contributed by atoms with Crippen LogP contribution in [0.3, 0.4) is 0 Å². The van der Waals surface area contributed by atoms with Gasteiger partial charge >= 0.3 is 11.8 Å². The second-order valence-corrected chi connectivity index (χ2v) is 5.77. The van der Waals surface area contributed by atoms with Gasteiger partial charge in [0.2, 0.25) is 0 Å². The fraction of sp³-hybridized carbons (Fsp3) is 0.333. The lowest BCUT2D eigenvalue weighted by molar-refractivity contribution is -0.143. The smallest absolute Gasteiger partial charge is 0.313 e. The van der Waals surface area contributed by atoms with Gasteiger partial charge in [-0.1, -0.05) is 11.6 Å². The van der Waals surface area contributed by atoms with Crippen molar-refractivity contribution in [2.24, 2.45) is 0 Å². The Bertz CT molecular complexity index is 504. The first-order valence-corrected chi connectivity index (χ1v) is 7.29. The summed E-state index contributed by atoms with van der Waals surface area (Å²) in [6.45, 7) is 2.52. The Morgan fingerprint density at radius 3 is 2.63 bits per heavy atom. The molecule has 2 N–H and O–H groups in total. The van der Waals surface area contributed by atoms with Gasteiger partial charge in [-0.3, -0.25) is 9.59 Å². The summed E-state index contributed by atoms with van der Waals surface area (Å²) >= 11 is 8.13. The number of hydrogen-bond acceptors (Lipinski definition) is 3. The lowest BCUT2D eigenvalue weighted by Crippen LogP contribution is -2.49. The Balaban J connectivity index is 2.01. The highest BCUT2D eigenvalue weighted by Crippen LogP contribution is 2.23. The van der Waals surface area contributed by atoms with Gasteiger partial charge in [0.1, 0.15) is 0 Å². The molecule has 0 atom stereocenters. The first kappa shape index (κ1) is 14.5. The number of benzene rings is 1. The first-order valence-electron chi connectivity index (χ1n) is 5.84. The summed E-state index contributed by atoms with van der Waals surface area (Å²) < 4.78 is 0.967. The zero-order chi connectivity index (χ0) is 13.8. The largest absolute Gasteiger partial charge is 0.332 e. The number of amides is 2. The van der Waals surface area contributed by atoms with Crippen LogP contribution in [0.25, 0.3) is 0 Å². The van der Waals surface area contributed by atoms with Crippen LogP contribution in [0.15, 0.2) is 18.2 Å². The van der Waals surface area contributed by atoms with Crippen molar-refractivity contribution in [1.29, 1.82) is 0 Å². The maximum atomic E-state index is 11.9. The zero-order valence-corrected chi connectivity index (χ0v) is 13.0. The van der Waals surface area contributed by atoms with Crippen molar-refractivity contribution in [1.82, 2.24) is 10.2 Å². The zero-order valence-electron chi connectivity index (χ0n) is 10.1. The average molecular weight is 394 g/mol. The molecule has 7 heteroatoms. The van der Waals surface area contributed by atoms with Crippen molar-refractivity contribution >= 4 is 51.7 Å². The quantitative estimate of drug-likeness (QED) is 0.559. The van der Waals surface area contributed by atoms with Crippen molar-refractivity contribution in [3.8, 4) is 0 Å². The van der Waals surface area contributed by atoms with Crippen LogP contribution in [0.4, 0.5) is 5.69 Å². The van der Waals surface area contributed by atoms with E-state index in [2.05, 4.69) is 33.2 Å². The Labute approximate surface area is 129 Å². The van der Waals surface area contributed by atoms with Gasteiger partial charge in [-0.05, 0) is 40.8 Å². The number of halogens is 2. The monoisotopic (exact) mass is 393 g/mol. The minimum atomic E-state index is -0.648. The van der Waals surface area contributed by atoms with Gasteiger partial charge < -0.3 is 15.5 Å². The molecule has 1 fully saturated rings. The molecule has 1 aromatic carbocycles. The van der Waals surface area contributed by atoms with E-state index in [9.17, 15) is 9.59 Å². The molecule has 1 saturated heterocycles. The van der Waals surface area contributed by atoms with E-state index in [-0.39, 0.29) is 0 Å². The molecule has 0 bridgehead atoms. The fourth-order valence-corrected chi connectivity index (χ4v) is 2.68. The molecule has 1 aliphatic rings. The van der Waals surface area contributed by atoms with Crippen LogP contribution in [-0.4, -0.2) is 42.9 Å². The molecule has 2 amide bonds. The van der Waals surface area contributed by atoms with E-state index in [1.54, 1.807) is 12.1 Å². The molecule has 1 aromatic rings. The standard InChI is InChI=1S/C12H13ClIN3O2/c13-9-7-8(14)1-2-10(9)16-11(18)12(19)17-5-3-15-4-6-17/h1-2,7,15H,3-6H2,(H,16,18). The van der Waals surface area contributed by atoms with E-state index in [4.69, 9.17) is 11.6 Å². The summed E-state index contributed by atoms with van der Waals surface area (Å²) in [5.41, 5.74) is 0.454. The second-order valence-electron chi connectivity index (χ2n) is 4.12. The Morgan fingerprint density at radius 2 is 2.00 bits per heavy atom. The fourth-order valence-electron chi connectivity index (χ4n) is 1.78. The normalized spacial score (nSPS) is 15.2. The van der Waals surface area contributed by atoms with E-state index in [0.717, 1.165) is 3.57 Å². The molecule has 0 radical (unpaired) electrons. The van der Waals surface area contributed by atoms with Gasteiger partial charge in [0.15, 0.2) is 0 Å². The number of hydrogen-bond donors (Lipinski definition) is 2. The van der Waals surface area contributed by atoms with Crippen LogP contribution in [0.1, 0.15) is 0 Å². The number of carbonyl (C=O) groups is 2. The van der Waals surface area contributed by atoms with Gasteiger partial charge in [0, 0.05) is 29.7 Å². The van der Waals surface area contributed by atoms with E-state index in [1.165, 1.54) is 4.90 Å². The molecule has 19 heavy (non-hydrogen) atoms. The van der Waals surface area contributed by atoms with Crippen LogP contribution in [-0.2, 0) is 9.59 Å². The Hall–Kier alpha value is -0.860. The SMILES string of the molecule is O=C(Nc1ccc(I)cc1Cl)C(=O)N1CCNCC1. The van der Waals surface area contributed by atoms with Crippen molar-refractivity contribution in [3.05, 3.63) is 26.8 Å². The predicted octanol–water partition coefficient (Wildman–Crippen LogP) is 1.31. The van der Waals surface area contributed by atoms with E-state index in [1.807, 2.05) is 6.07 Å². The minimum absolute atomic E-state index is 0.424. The third kappa shape index (κ3) is 3.80. The molecule has 0 aliphatic carbocycles. The number of carbonyl (C=O) groups excluding carboxylic acids is 2. The molecule has 0 unspecified atom stereocenters. The van der Waals surface area contributed by atoms with Crippen LogP contribution in [0.2, 0.25) is 5.02 Å². The summed E-state index contributed by atoms with van der Waals surface area (Å²) in [6, 6.07) is 5.23. The molecule has 1 aliphatic heterocycles. The van der Waals surface area contributed by atoms with Crippen LogP contribution < -0.4 is 10.6 Å². The number of rotatable bonds is 1. The summed E-state index contributed by atoms with van der Waals surface area (Å²) in [6.07, 6.45) is 0. The lowest BCUT2D eigenvalue weighted by atomic mass is 10.3. The average Bonchev–Trinajstić information content (AvgIpc) is 2.42. The van der Waals surface area contributed by atoms with Gasteiger partial charge in [-0.2, -0.15) is 0 Å². The maximum absolute atomic E-state index is 11.9. The molecule has 0 saturated carbocycles. The first-order chi connectivity index (χ1) is 9.08. The molecule has 2 rings (SSSR count). The van der Waals surface area contributed by atoms with Gasteiger partial charge in [-0.15, -0.1) is 0 Å². The van der Waals surface area contributed by atoms with Gasteiger partial charge in [-0.25, -0.2) is 0 Å². The highest BCUT2D eigenvalue weighted by atomic mass is 127. The lowest BCUT2D eigenvalue weighted by Gasteiger charge is -2.26. The molecule has 0 aromatic heterocycles. The molecule has 5 nitrogen and oxygen atoms in total. The van der Waals surface area contributed by atoms with Crippen LogP contribution >= 0.6 is 34.2 Å². The summed E-state index contributed by atoms with van der Waals surface area (Å²) in [4.78, 5) is 25.3.